The zero-order chi connectivity index (χ0) is 21.9. The number of carbonyl (C=O) groups excluding carboxylic acids is 1. The SMILES string of the molecule is CCOC(=O)N1CCC(NC(=NC)NCCCN2CCN(c3ncccn3)CC2)CC1. The first-order chi connectivity index (χ1) is 15.2. The van der Waals surface area contributed by atoms with Crippen LogP contribution in [0.2, 0.25) is 0 Å². The van der Waals surface area contributed by atoms with Crippen LogP contribution in [0.5, 0.6) is 0 Å². The zero-order valence-electron chi connectivity index (χ0n) is 18.8. The first kappa shape index (κ1) is 23.1. The number of likely N-dealkylation sites (tertiary alicyclic amines) is 1. The highest BCUT2D eigenvalue weighted by atomic mass is 16.6. The lowest BCUT2D eigenvalue weighted by molar-refractivity contribution is 0.0963. The minimum absolute atomic E-state index is 0.208. The molecule has 172 valence electrons. The molecule has 1 aromatic heterocycles. The number of hydrogen-bond donors (Lipinski definition) is 2. The fourth-order valence-electron chi connectivity index (χ4n) is 3.94. The van der Waals surface area contributed by atoms with Crippen LogP contribution in [0.4, 0.5) is 10.7 Å². The second kappa shape index (κ2) is 12.3. The third kappa shape index (κ3) is 7.23. The van der Waals surface area contributed by atoms with Crippen molar-refractivity contribution in [3.63, 3.8) is 0 Å². The van der Waals surface area contributed by atoms with Gasteiger partial charge in [0.2, 0.25) is 5.95 Å². The van der Waals surface area contributed by atoms with E-state index in [1.807, 2.05) is 13.0 Å². The van der Waals surface area contributed by atoms with E-state index >= 15 is 0 Å². The molecule has 10 heteroatoms. The van der Waals surface area contributed by atoms with Crippen LogP contribution in [0.3, 0.4) is 0 Å². The smallest absolute Gasteiger partial charge is 0.409 e. The number of carbonyl (C=O) groups is 1. The molecule has 10 nitrogen and oxygen atoms in total. The predicted molar refractivity (Wildman–Crippen MR) is 121 cm³/mol. The lowest BCUT2D eigenvalue weighted by Gasteiger charge is -2.34. The van der Waals surface area contributed by atoms with Gasteiger partial charge in [0.1, 0.15) is 0 Å². The second-order valence-electron chi connectivity index (χ2n) is 7.83. The number of amides is 1. The number of ether oxygens (including phenoxy) is 1. The number of piperidine rings is 1. The summed E-state index contributed by atoms with van der Waals surface area (Å²) in [6.45, 7) is 9.62. The molecule has 31 heavy (non-hydrogen) atoms. The van der Waals surface area contributed by atoms with Crippen molar-refractivity contribution in [1.82, 2.24) is 30.4 Å². The Morgan fingerprint density at radius 2 is 1.87 bits per heavy atom. The van der Waals surface area contributed by atoms with E-state index in [1.54, 1.807) is 24.3 Å². The average Bonchev–Trinajstić information content (AvgIpc) is 2.82. The van der Waals surface area contributed by atoms with Gasteiger partial charge in [-0.1, -0.05) is 0 Å². The molecule has 2 aliphatic rings. The fraction of sp³-hybridized carbons (Fsp3) is 0.714. The molecule has 2 saturated heterocycles. The van der Waals surface area contributed by atoms with Crippen molar-refractivity contribution in [2.75, 3.05) is 70.9 Å². The van der Waals surface area contributed by atoms with Crippen molar-refractivity contribution < 1.29 is 9.53 Å². The van der Waals surface area contributed by atoms with Crippen LogP contribution in [0, 0.1) is 0 Å². The van der Waals surface area contributed by atoms with Gasteiger partial charge in [0.15, 0.2) is 5.96 Å². The topological polar surface area (TPSA) is 98.2 Å². The maximum atomic E-state index is 11.8. The van der Waals surface area contributed by atoms with E-state index in [9.17, 15) is 4.79 Å². The van der Waals surface area contributed by atoms with E-state index in [-0.39, 0.29) is 6.09 Å². The molecule has 0 aliphatic carbocycles. The zero-order valence-corrected chi connectivity index (χ0v) is 18.8. The number of aromatic nitrogens is 2. The molecule has 0 aromatic carbocycles. The van der Waals surface area contributed by atoms with Gasteiger partial charge in [-0.15, -0.1) is 0 Å². The highest BCUT2D eigenvalue weighted by Gasteiger charge is 2.24. The Hall–Kier alpha value is -2.62. The van der Waals surface area contributed by atoms with Crippen molar-refractivity contribution in [1.29, 1.82) is 0 Å². The van der Waals surface area contributed by atoms with E-state index in [0.717, 1.165) is 70.4 Å². The molecular weight excluding hydrogens is 396 g/mol. The molecule has 2 aliphatic heterocycles. The normalized spacial score (nSPS) is 18.7. The van der Waals surface area contributed by atoms with Crippen molar-refractivity contribution in [3.8, 4) is 0 Å². The molecule has 1 aromatic rings. The predicted octanol–water partition coefficient (Wildman–Crippen LogP) is 0.775. The Morgan fingerprint density at radius 1 is 1.16 bits per heavy atom. The molecule has 3 rings (SSSR count). The maximum absolute atomic E-state index is 11.8. The molecule has 3 heterocycles. The van der Waals surface area contributed by atoms with Crippen molar-refractivity contribution in [2.45, 2.75) is 32.2 Å². The summed E-state index contributed by atoms with van der Waals surface area (Å²) in [6.07, 6.45) is 6.24. The minimum atomic E-state index is -0.208. The molecular formula is C21H36N8O2. The van der Waals surface area contributed by atoms with Crippen LogP contribution in [0.25, 0.3) is 0 Å². The highest BCUT2D eigenvalue weighted by Crippen LogP contribution is 2.12. The summed E-state index contributed by atoms with van der Waals surface area (Å²) in [7, 11) is 1.80. The van der Waals surface area contributed by atoms with Crippen LogP contribution >= 0.6 is 0 Å². The van der Waals surface area contributed by atoms with Crippen molar-refractivity contribution in [2.24, 2.45) is 4.99 Å². The number of aliphatic imine (C=N–C) groups is 1. The quantitative estimate of drug-likeness (QED) is 0.371. The summed E-state index contributed by atoms with van der Waals surface area (Å²) in [5, 5.41) is 6.91. The van der Waals surface area contributed by atoms with E-state index in [1.165, 1.54) is 0 Å². The third-order valence-corrected chi connectivity index (χ3v) is 5.74. The summed E-state index contributed by atoms with van der Waals surface area (Å²) in [5.41, 5.74) is 0. The number of nitrogens with one attached hydrogen (secondary N) is 2. The van der Waals surface area contributed by atoms with Crippen molar-refractivity contribution >= 4 is 18.0 Å². The Bertz CT molecular complexity index is 686. The van der Waals surface area contributed by atoms with Gasteiger partial charge in [-0.2, -0.15) is 0 Å². The number of rotatable bonds is 7. The van der Waals surface area contributed by atoms with Gasteiger partial charge in [0, 0.05) is 71.3 Å². The van der Waals surface area contributed by atoms with Crippen molar-refractivity contribution in [3.05, 3.63) is 18.5 Å². The lowest BCUT2D eigenvalue weighted by atomic mass is 10.1. The number of piperazine rings is 1. The third-order valence-electron chi connectivity index (χ3n) is 5.74. The minimum Gasteiger partial charge on any atom is -0.450 e. The molecule has 0 atom stereocenters. The first-order valence-corrected chi connectivity index (χ1v) is 11.3. The molecule has 0 radical (unpaired) electrons. The van der Waals surface area contributed by atoms with Gasteiger partial charge >= 0.3 is 6.09 Å². The van der Waals surface area contributed by atoms with Gasteiger partial charge in [0.25, 0.3) is 0 Å². The van der Waals surface area contributed by atoms with Crippen LogP contribution in [0.1, 0.15) is 26.2 Å². The van der Waals surface area contributed by atoms with Gasteiger partial charge in [0.05, 0.1) is 6.61 Å². The van der Waals surface area contributed by atoms with E-state index in [2.05, 4.69) is 35.4 Å². The first-order valence-electron chi connectivity index (χ1n) is 11.3. The largest absolute Gasteiger partial charge is 0.450 e. The number of anilines is 1. The molecule has 0 spiro atoms. The summed E-state index contributed by atoms with van der Waals surface area (Å²) in [5.74, 6) is 1.66. The van der Waals surface area contributed by atoms with Gasteiger partial charge < -0.3 is 25.2 Å². The summed E-state index contributed by atoms with van der Waals surface area (Å²) < 4.78 is 5.08. The van der Waals surface area contributed by atoms with Gasteiger partial charge in [-0.05, 0) is 38.8 Å². The average molecular weight is 433 g/mol. The summed E-state index contributed by atoms with van der Waals surface area (Å²) >= 11 is 0. The molecule has 2 fully saturated rings. The second-order valence-corrected chi connectivity index (χ2v) is 7.83. The number of hydrogen-bond acceptors (Lipinski definition) is 7. The van der Waals surface area contributed by atoms with Crippen LogP contribution in [0.15, 0.2) is 23.5 Å². The number of guanidine groups is 1. The van der Waals surface area contributed by atoms with Gasteiger partial charge in [-0.3, -0.25) is 9.89 Å². The lowest BCUT2D eigenvalue weighted by Crippen LogP contribution is -2.50. The number of nitrogens with zero attached hydrogens (tertiary/aromatic N) is 6. The molecule has 0 saturated carbocycles. The molecule has 1 amide bonds. The van der Waals surface area contributed by atoms with Crippen LogP contribution < -0.4 is 15.5 Å². The molecule has 0 unspecified atom stereocenters. The van der Waals surface area contributed by atoms with Crippen LogP contribution in [-0.4, -0.2) is 104 Å². The van der Waals surface area contributed by atoms with Gasteiger partial charge in [-0.25, -0.2) is 14.8 Å². The monoisotopic (exact) mass is 432 g/mol. The van der Waals surface area contributed by atoms with E-state index < -0.39 is 0 Å². The Balaban J connectivity index is 1.28. The van der Waals surface area contributed by atoms with Crippen LogP contribution in [-0.2, 0) is 4.74 Å². The molecule has 0 bridgehead atoms. The summed E-state index contributed by atoms with van der Waals surface area (Å²) in [6, 6.07) is 2.17. The summed E-state index contributed by atoms with van der Waals surface area (Å²) in [4.78, 5) is 31.4. The maximum Gasteiger partial charge on any atom is 0.409 e. The molecule has 2 N–H and O–H groups in total. The highest BCUT2D eigenvalue weighted by molar-refractivity contribution is 5.80. The van der Waals surface area contributed by atoms with E-state index in [4.69, 9.17) is 4.74 Å². The Kier molecular flexibility index (Phi) is 9.14. The fourth-order valence-corrected chi connectivity index (χ4v) is 3.94. The standard InChI is InChI=1S/C21H36N8O2/c1-3-31-21(30)29-12-6-18(7-13-29)26-19(22-2)23-10-5-11-27-14-16-28(17-15-27)20-24-8-4-9-25-20/h4,8-9,18H,3,5-7,10-17H2,1-2H3,(H2,22,23,26). The van der Waals surface area contributed by atoms with E-state index in [0.29, 0.717) is 25.7 Å². The Morgan fingerprint density at radius 3 is 2.52 bits per heavy atom. The Labute approximate surface area is 185 Å².